The average molecular weight is 237 g/mol. The molecule has 0 fully saturated rings. The Labute approximate surface area is 99.6 Å². The largest absolute Gasteiger partial charge is 0.356 e. The summed E-state index contributed by atoms with van der Waals surface area (Å²) in [6.07, 6.45) is 3.78. The van der Waals surface area contributed by atoms with Gasteiger partial charge in [0.2, 0.25) is 5.91 Å². The summed E-state index contributed by atoms with van der Waals surface area (Å²) in [5, 5.41) is 2.96. The molecule has 0 spiro atoms. The van der Waals surface area contributed by atoms with Crippen LogP contribution in [0.25, 0.3) is 0 Å². The third kappa shape index (κ3) is 6.00. The maximum atomic E-state index is 11.2. The molecule has 0 atom stereocenters. The molecule has 0 bridgehead atoms. The van der Waals surface area contributed by atoms with Crippen LogP contribution in [0.5, 0.6) is 0 Å². The second kappa shape index (κ2) is 8.98. The normalized spacial score (nSPS) is 10.7. The van der Waals surface area contributed by atoms with E-state index in [1.165, 1.54) is 0 Å². The third-order valence-electron chi connectivity index (χ3n) is 3.28. The van der Waals surface area contributed by atoms with Crippen LogP contribution in [-0.2, 0) is 4.79 Å². The van der Waals surface area contributed by atoms with Gasteiger partial charge in [-0.2, -0.15) is 0 Å². The van der Waals surface area contributed by atoms with Crippen LogP contribution in [-0.4, -0.2) is 19.0 Å². The van der Waals surface area contributed by atoms with Gasteiger partial charge >= 0.3 is 0 Å². The lowest BCUT2D eigenvalue weighted by atomic mass is 9.80. The first-order valence-corrected chi connectivity index (χ1v) is 5.61. The fourth-order valence-electron chi connectivity index (χ4n) is 1.63. The Hall–Kier alpha value is -0.280. The summed E-state index contributed by atoms with van der Waals surface area (Å²) in [7, 11) is 0. The van der Waals surface area contributed by atoms with Gasteiger partial charge in [-0.15, -0.1) is 12.4 Å². The quantitative estimate of drug-likeness (QED) is 0.711. The topological polar surface area (TPSA) is 55.1 Å². The van der Waals surface area contributed by atoms with Gasteiger partial charge < -0.3 is 11.1 Å². The van der Waals surface area contributed by atoms with Gasteiger partial charge in [-0.1, -0.05) is 20.8 Å². The number of rotatable bonds is 7. The molecule has 4 heteroatoms. The van der Waals surface area contributed by atoms with Crippen LogP contribution in [0.4, 0.5) is 0 Å². The number of nitrogens with two attached hydrogens (primary N) is 1. The smallest absolute Gasteiger partial charge is 0.221 e. The molecule has 0 saturated heterocycles. The molecule has 0 aromatic rings. The second-order valence-electron chi connectivity index (χ2n) is 3.88. The first kappa shape index (κ1) is 17.1. The van der Waals surface area contributed by atoms with Gasteiger partial charge in [-0.05, 0) is 24.7 Å². The van der Waals surface area contributed by atoms with Gasteiger partial charge in [0, 0.05) is 19.5 Å². The minimum absolute atomic E-state index is 0. The van der Waals surface area contributed by atoms with E-state index >= 15 is 0 Å². The van der Waals surface area contributed by atoms with Gasteiger partial charge in [0.05, 0.1) is 0 Å². The lowest BCUT2D eigenvalue weighted by Crippen LogP contribution is -2.37. The summed E-state index contributed by atoms with van der Waals surface area (Å²) in [6.45, 7) is 7.77. The molecule has 0 aliphatic heterocycles. The molecule has 3 N–H and O–H groups in total. The van der Waals surface area contributed by atoms with Crippen LogP contribution in [0.1, 0.15) is 46.5 Å². The van der Waals surface area contributed by atoms with E-state index in [2.05, 4.69) is 26.1 Å². The summed E-state index contributed by atoms with van der Waals surface area (Å²) in [6, 6.07) is 0. The van der Waals surface area contributed by atoms with Crippen molar-refractivity contribution >= 4 is 18.3 Å². The Kier molecular flexibility index (Phi) is 10.3. The van der Waals surface area contributed by atoms with E-state index in [-0.39, 0.29) is 23.7 Å². The second-order valence-corrected chi connectivity index (χ2v) is 3.88. The summed E-state index contributed by atoms with van der Waals surface area (Å²) in [5.74, 6) is 0.0761. The van der Waals surface area contributed by atoms with Gasteiger partial charge in [-0.25, -0.2) is 0 Å². The van der Waals surface area contributed by atoms with Crippen LogP contribution in [0.3, 0.4) is 0 Å². The lowest BCUT2D eigenvalue weighted by molar-refractivity contribution is -0.121. The van der Waals surface area contributed by atoms with E-state index in [9.17, 15) is 4.79 Å². The van der Waals surface area contributed by atoms with Crippen molar-refractivity contribution in [2.75, 3.05) is 13.1 Å². The molecule has 0 aliphatic carbocycles. The van der Waals surface area contributed by atoms with E-state index < -0.39 is 0 Å². The SMILES string of the molecule is CCC(CC)(CC)CNC(=O)CCN.Cl. The zero-order valence-electron chi connectivity index (χ0n) is 10.1. The summed E-state index contributed by atoms with van der Waals surface area (Å²) < 4.78 is 0. The Morgan fingerprint density at radius 1 is 1.20 bits per heavy atom. The number of hydrogen-bond acceptors (Lipinski definition) is 2. The summed E-state index contributed by atoms with van der Waals surface area (Å²) in [5.41, 5.74) is 5.59. The highest BCUT2D eigenvalue weighted by Gasteiger charge is 2.23. The molecule has 0 heterocycles. The molecule has 0 aromatic carbocycles. The van der Waals surface area contributed by atoms with Gasteiger partial charge in [0.25, 0.3) is 0 Å². The fraction of sp³-hybridized carbons (Fsp3) is 0.909. The number of carbonyl (C=O) groups is 1. The van der Waals surface area contributed by atoms with Crippen molar-refractivity contribution in [3.63, 3.8) is 0 Å². The van der Waals surface area contributed by atoms with E-state index in [1.807, 2.05) is 0 Å². The molecule has 92 valence electrons. The Bertz CT molecular complexity index is 162. The first-order chi connectivity index (χ1) is 6.64. The summed E-state index contributed by atoms with van der Waals surface area (Å²) >= 11 is 0. The van der Waals surface area contributed by atoms with Crippen molar-refractivity contribution in [3.8, 4) is 0 Å². The number of nitrogens with one attached hydrogen (secondary N) is 1. The van der Waals surface area contributed by atoms with Crippen LogP contribution in [0.2, 0.25) is 0 Å². The number of halogens is 1. The van der Waals surface area contributed by atoms with Crippen LogP contribution in [0, 0.1) is 5.41 Å². The molecule has 0 saturated carbocycles. The molecule has 15 heavy (non-hydrogen) atoms. The number of carbonyl (C=O) groups excluding carboxylic acids is 1. The van der Waals surface area contributed by atoms with Gasteiger partial charge in [0.15, 0.2) is 0 Å². The van der Waals surface area contributed by atoms with Crippen molar-refractivity contribution in [1.82, 2.24) is 5.32 Å². The standard InChI is InChI=1S/C11H24N2O.ClH/c1-4-11(5-2,6-3)9-13-10(14)7-8-12;/h4-9,12H2,1-3H3,(H,13,14);1H. The molecule has 0 aliphatic rings. The van der Waals surface area contributed by atoms with Crippen LogP contribution < -0.4 is 11.1 Å². The monoisotopic (exact) mass is 236 g/mol. The van der Waals surface area contributed by atoms with Crippen LogP contribution >= 0.6 is 12.4 Å². The van der Waals surface area contributed by atoms with Crippen molar-refractivity contribution in [1.29, 1.82) is 0 Å². The van der Waals surface area contributed by atoms with Crippen molar-refractivity contribution in [2.45, 2.75) is 46.5 Å². The summed E-state index contributed by atoms with van der Waals surface area (Å²) in [4.78, 5) is 11.2. The Morgan fingerprint density at radius 2 is 1.67 bits per heavy atom. The lowest BCUT2D eigenvalue weighted by Gasteiger charge is -2.30. The highest BCUT2D eigenvalue weighted by atomic mass is 35.5. The number of amides is 1. The zero-order chi connectivity index (χ0) is 11.0. The molecule has 0 aromatic heterocycles. The van der Waals surface area contributed by atoms with Crippen molar-refractivity contribution in [2.24, 2.45) is 11.1 Å². The average Bonchev–Trinajstić information content (AvgIpc) is 2.21. The molecule has 3 nitrogen and oxygen atoms in total. The number of hydrogen-bond donors (Lipinski definition) is 2. The van der Waals surface area contributed by atoms with E-state index in [1.54, 1.807) is 0 Å². The zero-order valence-corrected chi connectivity index (χ0v) is 11.0. The highest BCUT2D eigenvalue weighted by molar-refractivity contribution is 5.85. The Balaban J connectivity index is 0. The maximum absolute atomic E-state index is 11.2. The molecule has 0 radical (unpaired) electrons. The van der Waals surface area contributed by atoms with Crippen molar-refractivity contribution in [3.05, 3.63) is 0 Å². The van der Waals surface area contributed by atoms with Crippen molar-refractivity contribution < 1.29 is 4.79 Å². The minimum atomic E-state index is 0. The Morgan fingerprint density at radius 3 is 2.00 bits per heavy atom. The van der Waals surface area contributed by atoms with Gasteiger partial charge in [0.1, 0.15) is 0 Å². The third-order valence-corrected chi connectivity index (χ3v) is 3.28. The minimum Gasteiger partial charge on any atom is -0.356 e. The highest BCUT2D eigenvalue weighted by Crippen LogP contribution is 2.29. The molecule has 1 amide bonds. The first-order valence-electron chi connectivity index (χ1n) is 5.61. The molecular formula is C11H25ClN2O. The van der Waals surface area contributed by atoms with Crippen LogP contribution in [0.15, 0.2) is 0 Å². The van der Waals surface area contributed by atoms with E-state index in [0.717, 1.165) is 25.8 Å². The molecular weight excluding hydrogens is 212 g/mol. The predicted octanol–water partition coefficient (Wildman–Crippen LogP) is 2.09. The molecule has 0 unspecified atom stereocenters. The van der Waals surface area contributed by atoms with E-state index in [0.29, 0.717) is 13.0 Å². The van der Waals surface area contributed by atoms with Gasteiger partial charge in [-0.3, -0.25) is 4.79 Å². The van der Waals surface area contributed by atoms with E-state index in [4.69, 9.17) is 5.73 Å². The fourth-order valence-corrected chi connectivity index (χ4v) is 1.63. The maximum Gasteiger partial charge on any atom is 0.221 e. The predicted molar refractivity (Wildman–Crippen MR) is 67.2 cm³/mol. The molecule has 0 rings (SSSR count).